The van der Waals surface area contributed by atoms with Gasteiger partial charge < -0.3 is 15.8 Å². The maximum absolute atomic E-state index is 13.6. The van der Waals surface area contributed by atoms with Gasteiger partial charge in [-0.25, -0.2) is 4.39 Å². The topological polar surface area (TPSA) is 64.3 Å². The van der Waals surface area contributed by atoms with Gasteiger partial charge in [-0.1, -0.05) is 0 Å². The zero-order valence-electron chi connectivity index (χ0n) is 10.5. The largest absolute Gasteiger partial charge is 0.478 e. The Hall–Kier alpha value is -1.78. The van der Waals surface area contributed by atoms with Gasteiger partial charge in [0.2, 0.25) is 0 Å². The number of hydrogen-bond donors (Lipinski definition) is 2. The molecule has 1 aromatic rings. The highest BCUT2D eigenvalue weighted by atomic mass is 19.1. The van der Waals surface area contributed by atoms with Crippen LogP contribution in [0.15, 0.2) is 12.1 Å². The van der Waals surface area contributed by atoms with E-state index in [0.29, 0.717) is 5.69 Å². The molecule has 2 rings (SSSR count). The fraction of sp³-hybridized carbons (Fsp3) is 0.462. The van der Waals surface area contributed by atoms with Crippen molar-refractivity contribution < 1.29 is 13.9 Å². The Balaban J connectivity index is 2.03. The number of ether oxygens (including phenoxy) is 1. The molecule has 1 saturated carbocycles. The summed E-state index contributed by atoms with van der Waals surface area (Å²) in [5.74, 6) is -0.712. The van der Waals surface area contributed by atoms with E-state index < -0.39 is 11.9 Å². The Bertz CT molecular complexity index is 472. The van der Waals surface area contributed by atoms with E-state index in [4.69, 9.17) is 10.5 Å². The van der Waals surface area contributed by atoms with E-state index in [2.05, 4.69) is 5.32 Å². The van der Waals surface area contributed by atoms with Crippen LogP contribution in [0.25, 0.3) is 0 Å². The molecule has 0 aromatic heterocycles. The van der Waals surface area contributed by atoms with E-state index in [1.54, 1.807) is 13.8 Å². The number of carbonyl (C=O) groups excluding carboxylic acids is 1. The van der Waals surface area contributed by atoms with Crippen LogP contribution in [0.5, 0.6) is 5.75 Å². The Morgan fingerprint density at radius 3 is 2.83 bits per heavy atom. The lowest BCUT2D eigenvalue weighted by molar-refractivity contribution is -0.127. The van der Waals surface area contributed by atoms with Crippen molar-refractivity contribution in [1.29, 1.82) is 0 Å². The summed E-state index contributed by atoms with van der Waals surface area (Å²) in [5.41, 5.74) is 6.67. The summed E-state index contributed by atoms with van der Waals surface area (Å²) in [4.78, 5) is 11.7. The van der Waals surface area contributed by atoms with Gasteiger partial charge in [-0.15, -0.1) is 0 Å². The van der Waals surface area contributed by atoms with Crippen LogP contribution in [0.2, 0.25) is 0 Å². The molecule has 98 valence electrons. The molecule has 3 N–H and O–H groups in total. The van der Waals surface area contributed by atoms with Gasteiger partial charge in [0, 0.05) is 17.8 Å². The molecule has 1 atom stereocenters. The van der Waals surface area contributed by atoms with Crippen LogP contribution >= 0.6 is 0 Å². The summed E-state index contributed by atoms with van der Waals surface area (Å²) in [5, 5.41) is 2.81. The molecule has 1 aromatic carbocycles. The number of nitrogens with one attached hydrogen (secondary N) is 1. The number of halogens is 1. The molecule has 1 fully saturated rings. The summed E-state index contributed by atoms with van der Waals surface area (Å²) in [6.45, 7) is 3.36. The summed E-state index contributed by atoms with van der Waals surface area (Å²) >= 11 is 0. The Kier molecular flexibility index (Phi) is 3.41. The molecule has 1 aliphatic rings. The smallest absolute Gasteiger partial charge is 0.260 e. The van der Waals surface area contributed by atoms with Gasteiger partial charge in [-0.2, -0.15) is 0 Å². The molecule has 0 saturated heterocycles. The van der Waals surface area contributed by atoms with Crippen molar-refractivity contribution in [3.63, 3.8) is 0 Å². The van der Waals surface area contributed by atoms with Gasteiger partial charge in [0.05, 0.1) is 0 Å². The second kappa shape index (κ2) is 4.84. The van der Waals surface area contributed by atoms with Crippen LogP contribution in [0.1, 0.15) is 25.3 Å². The van der Waals surface area contributed by atoms with Crippen molar-refractivity contribution in [2.75, 3.05) is 5.73 Å². The van der Waals surface area contributed by atoms with E-state index in [1.165, 1.54) is 12.1 Å². The van der Waals surface area contributed by atoms with Crippen molar-refractivity contribution in [2.24, 2.45) is 0 Å². The molecule has 0 aliphatic heterocycles. The number of rotatable bonds is 4. The molecule has 0 bridgehead atoms. The number of anilines is 1. The van der Waals surface area contributed by atoms with Crippen LogP contribution in [-0.4, -0.2) is 18.1 Å². The van der Waals surface area contributed by atoms with Crippen molar-refractivity contribution in [3.05, 3.63) is 23.5 Å². The summed E-state index contributed by atoms with van der Waals surface area (Å²) in [6, 6.07) is 2.98. The van der Waals surface area contributed by atoms with Gasteiger partial charge >= 0.3 is 0 Å². The van der Waals surface area contributed by atoms with E-state index in [9.17, 15) is 9.18 Å². The predicted molar refractivity (Wildman–Crippen MR) is 66.8 cm³/mol. The Morgan fingerprint density at radius 2 is 2.22 bits per heavy atom. The molecule has 0 spiro atoms. The minimum absolute atomic E-state index is 0.0557. The lowest BCUT2D eigenvalue weighted by atomic mass is 10.2. The van der Waals surface area contributed by atoms with Crippen LogP contribution in [0, 0.1) is 12.7 Å². The predicted octanol–water partition coefficient (Wildman–Crippen LogP) is 1.76. The third-order valence-corrected chi connectivity index (χ3v) is 2.92. The maximum Gasteiger partial charge on any atom is 0.260 e. The van der Waals surface area contributed by atoms with Crippen LogP contribution in [0.3, 0.4) is 0 Å². The number of aryl methyl sites for hydroxylation is 1. The fourth-order valence-electron chi connectivity index (χ4n) is 1.55. The Labute approximate surface area is 105 Å². The van der Waals surface area contributed by atoms with E-state index in [0.717, 1.165) is 18.4 Å². The molecular weight excluding hydrogens is 235 g/mol. The first kappa shape index (κ1) is 12.7. The van der Waals surface area contributed by atoms with E-state index >= 15 is 0 Å². The minimum atomic E-state index is -0.719. The zero-order valence-corrected chi connectivity index (χ0v) is 10.5. The molecule has 4 nitrogen and oxygen atoms in total. The average molecular weight is 252 g/mol. The van der Waals surface area contributed by atoms with E-state index in [-0.39, 0.29) is 17.7 Å². The standard InChI is InChI=1S/C13H17FN2O2/c1-7-5-12(10(14)6-11(7)15)18-8(2)13(17)16-9-3-4-9/h5-6,8-9H,3-4,15H2,1-2H3,(H,16,17). The summed E-state index contributed by atoms with van der Waals surface area (Å²) < 4.78 is 18.9. The number of hydrogen-bond acceptors (Lipinski definition) is 3. The quantitative estimate of drug-likeness (QED) is 0.802. The maximum atomic E-state index is 13.6. The normalized spacial score (nSPS) is 16.2. The van der Waals surface area contributed by atoms with Crippen molar-refractivity contribution >= 4 is 11.6 Å². The van der Waals surface area contributed by atoms with Gasteiger partial charge in [-0.05, 0) is 38.3 Å². The zero-order chi connectivity index (χ0) is 13.3. The lowest BCUT2D eigenvalue weighted by Crippen LogP contribution is -2.37. The summed E-state index contributed by atoms with van der Waals surface area (Å²) in [6.07, 6.45) is 1.30. The van der Waals surface area contributed by atoms with Crippen molar-refractivity contribution in [3.8, 4) is 5.75 Å². The van der Waals surface area contributed by atoms with Gasteiger partial charge in [0.15, 0.2) is 17.7 Å². The second-order valence-electron chi connectivity index (χ2n) is 4.68. The lowest BCUT2D eigenvalue weighted by Gasteiger charge is -2.16. The molecule has 0 radical (unpaired) electrons. The third-order valence-electron chi connectivity index (χ3n) is 2.92. The van der Waals surface area contributed by atoms with Gasteiger partial charge in [0.25, 0.3) is 5.91 Å². The SMILES string of the molecule is Cc1cc(OC(C)C(=O)NC2CC2)c(F)cc1N. The first-order chi connectivity index (χ1) is 8.47. The average Bonchev–Trinajstić information content (AvgIpc) is 3.09. The number of benzene rings is 1. The molecule has 1 unspecified atom stereocenters. The Morgan fingerprint density at radius 1 is 1.56 bits per heavy atom. The molecule has 18 heavy (non-hydrogen) atoms. The first-order valence-electron chi connectivity index (χ1n) is 6.00. The van der Waals surface area contributed by atoms with Crippen LogP contribution < -0.4 is 15.8 Å². The fourth-order valence-corrected chi connectivity index (χ4v) is 1.55. The highest BCUT2D eigenvalue weighted by molar-refractivity contribution is 5.81. The molecule has 1 aliphatic carbocycles. The van der Waals surface area contributed by atoms with E-state index in [1.807, 2.05) is 0 Å². The van der Waals surface area contributed by atoms with Gasteiger partial charge in [0.1, 0.15) is 0 Å². The second-order valence-corrected chi connectivity index (χ2v) is 4.68. The molecular formula is C13H17FN2O2. The number of amides is 1. The molecule has 0 heterocycles. The number of nitrogens with two attached hydrogens (primary N) is 1. The number of carbonyl (C=O) groups is 1. The minimum Gasteiger partial charge on any atom is -0.478 e. The molecule has 5 heteroatoms. The van der Waals surface area contributed by atoms with Crippen LogP contribution in [0.4, 0.5) is 10.1 Å². The van der Waals surface area contributed by atoms with Crippen molar-refractivity contribution in [2.45, 2.75) is 38.8 Å². The van der Waals surface area contributed by atoms with Crippen LogP contribution in [-0.2, 0) is 4.79 Å². The summed E-state index contributed by atoms with van der Waals surface area (Å²) in [7, 11) is 0. The third kappa shape index (κ3) is 2.91. The van der Waals surface area contributed by atoms with Gasteiger partial charge in [-0.3, -0.25) is 4.79 Å². The molecule has 1 amide bonds. The monoisotopic (exact) mass is 252 g/mol. The first-order valence-corrected chi connectivity index (χ1v) is 6.00. The number of nitrogen functional groups attached to an aromatic ring is 1. The highest BCUT2D eigenvalue weighted by Gasteiger charge is 2.26. The highest BCUT2D eigenvalue weighted by Crippen LogP contribution is 2.25. The van der Waals surface area contributed by atoms with Crippen molar-refractivity contribution in [1.82, 2.24) is 5.32 Å².